The van der Waals surface area contributed by atoms with Gasteiger partial charge in [-0.2, -0.15) is 0 Å². The van der Waals surface area contributed by atoms with Gasteiger partial charge in [0.05, 0.1) is 8.07 Å². The van der Waals surface area contributed by atoms with E-state index < -0.39 is 8.07 Å². The molecule has 0 radical (unpaired) electrons. The minimum absolute atomic E-state index is 0.0659. The van der Waals surface area contributed by atoms with Crippen molar-refractivity contribution in [2.45, 2.75) is 19.6 Å². The second kappa shape index (κ2) is 4.45. The van der Waals surface area contributed by atoms with Crippen molar-refractivity contribution in [2.75, 3.05) is 0 Å². The lowest BCUT2D eigenvalue weighted by atomic mass is 10.1. The molecule has 0 fully saturated rings. The van der Waals surface area contributed by atoms with Crippen molar-refractivity contribution in [3.63, 3.8) is 0 Å². The Morgan fingerprint density at radius 3 is 2.06 bits per heavy atom. The van der Waals surface area contributed by atoms with Crippen LogP contribution in [0.5, 0.6) is 0 Å². The SMILES string of the molecule is C[Si](C)(C)c1cc(-c2ccccc2)ccc1F. The van der Waals surface area contributed by atoms with Gasteiger partial charge in [0.1, 0.15) is 5.82 Å². The minimum Gasteiger partial charge on any atom is -0.207 e. The first-order chi connectivity index (χ1) is 7.98. The predicted octanol–water partition coefficient (Wildman–Crippen LogP) is 4.04. The molecule has 2 heteroatoms. The molecule has 0 aromatic heterocycles. The van der Waals surface area contributed by atoms with Crippen LogP contribution in [-0.2, 0) is 0 Å². The highest BCUT2D eigenvalue weighted by molar-refractivity contribution is 6.88. The summed E-state index contributed by atoms with van der Waals surface area (Å²) in [4.78, 5) is 0. The van der Waals surface area contributed by atoms with Gasteiger partial charge in [0.2, 0.25) is 0 Å². The van der Waals surface area contributed by atoms with Crippen LogP contribution in [0.3, 0.4) is 0 Å². The number of hydrogen-bond acceptors (Lipinski definition) is 0. The van der Waals surface area contributed by atoms with Crippen LogP contribution in [0.4, 0.5) is 4.39 Å². The first kappa shape index (κ1) is 12.1. The van der Waals surface area contributed by atoms with Crippen LogP contribution in [-0.4, -0.2) is 8.07 Å². The van der Waals surface area contributed by atoms with E-state index in [0.717, 1.165) is 16.3 Å². The summed E-state index contributed by atoms with van der Waals surface area (Å²) in [5.41, 5.74) is 2.25. The van der Waals surface area contributed by atoms with E-state index in [-0.39, 0.29) is 5.82 Å². The third-order valence-electron chi connectivity index (χ3n) is 2.88. The number of rotatable bonds is 2. The zero-order valence-electron chi connectivity index (χ0n) is 10.5. The van der Waals surface area contributed by atoms with E-state index in [1.807, 2.05) is 30.3 Å². The number of benzene rings is 2. The van der Waals surface area contributed by atoms with Gasteiger partial charge in [-0.25, -0.2) is 4.39 Å². The molecule has 0 aliphatic rings. The molecule has 0 amide bonds. The van der Waals surface area contributed by atoms with Gasteiger partial charge in [-0.1, -0.05) is 62.1 Å². The minimum atomic E-state index is -1.62. The molecule has 0 bridgehead atoms. The van der Waals surface area contributed by atoms with Crippen molar-refractivity contribution < 1.29 is 4.39 Å². The highest BCUT2D eigenvalue weighted by Gasteiger charge is 2.21. The summed E-state index contributed by atoms with van der Waals surface area (Å²) < 4.78 is 13.8. The van der Waals surface area contributed by atoms with Crippen LogP contribution in [0, 0.1) is 5.82 Å². The molecule has 0 atom stereocenters. The van der Waals surface area contributed by atoms with Crippen LogP contribution in [0.2, 0.25) is 19.6 Å². The highest BCUT2D eigenvalue weighted by Crippen LogP contribution is 2.19. The van der Waals surface area contributed by atoms with E-state index in [1.54, 1.807) is 6.07 Å². The van der Waals surface area contributed by atoms with E-state index in [1.165, 1.54) is 0 Å². The smallest absolute Gasteiger partial charge is 0.122 e. The van der Waals surface area contributed by atoms with Crippen molar-refractivity contribution in [1.82, 2.24) is 0 Å². The second-order valence-electron chi connectivity index (χ2n) is 5.31. The Morgan fingerprint density at radius 2 is 1.47 bits per heavy atom. The summed E-state index contributed by atoms with van der Waals surface area (Å²) in [5.74, 6) is -0.0659. The van der Waals surface area contributed by atoms with Crippen molar-refractivity contribution in [1.29, 1.82) is 0 Å². The fourth-order valence-electron chi connectivity index (χ4n) is 1.91. The molecule has 0 saturated heterocycles. The molecule has 0 spiro atoms. The molecule has 0 saturated carbocycles. The van der Waals surface area contributed by atoms with Gasteiger partial charge in [-0.3, -0.25) is 0 Å². The summed E-state index contributed by atoms with van der Waals surface area (Å²) >= 11 is 0. The monoisotopic (exact) mass is 244 g/mol. The molecule has 0 unspecified atom stereocenters. The first-order valence-electron chi connectivity index (χ1n) is 5.84. The summed E-state index contributed by atoms with van der Waals surface area (Å²) in [6.07, 6.45) is 0. The van der Waals surface area contributed by atoms with Crippen molar-refractivity contribution >= 4 is 13.3 Å². The predicted molar refractivity (Wildman–Crippen MR) is 74.8 cm³/mol. The molecule has 0 heterocycles. The topological polar surface area (TPSA) is 0 Å². The third-order valence-corrected chi connectivity index (χ3v) is 4.88. The van der Waals surface area contributed by atoms with Crippen molar-refractivity contribution in [2.24, 2.45) is 0 Å². The van der Waals surface area contributed by atoms with E-state index in [0.29, 0.717) is 0 Å². The summed E-state index contributed by atoms with van der Waals surface area (Å²) in [5, 5.41) is 0.902. The molecule has 0 N–H and O–H groups in total. The molecule has 0 nitrogen and oxygen atoms in total. The maximum absolute atomic E-state index is 13.8. The maximum Gasteiger partial charge on any atom is 0.122 e. The quantitative estimate of drug-likeness (QED) is 0.699. The van der Waals surface area contributed by atoms with Gasteiger partial charge >= 0.3 is 0 Å². The first-order valence-corrected chi connectivity index (χ1v) is 9.34. The van der Waals surface area contributed by atoms with Gasteiger partial charge in [-0.05, 0) is 22.4 Å². The van der Waals surface area contributed by atoms with Crippen LogP contribution in [0.1, 0.15) is 0 Å². The van der Waals surface area contributed by atoms with E-state index >= 15 is 0 Å². The molecule has 2 aromatic rings. The van der Waals surface area contributed by atoms with Crippen LogP contribution in [0.15, 0.2) is 48.5 Å². The van der Waals surface area contributed by atoms with Gasteiger partial charge in [-0.15, -0.1) is 0 Å². The fourth-order valence-corrected chi connectivity index (χ4v) is 3.30. The lowest BCUT2D eigenvalue weighted by Crippen LogP contribution is -2.40. The lowest BCUT2D eigenvalue weighted by Gasteiger charge is -2.18. The Kier molecular flexibility index (Phi) is 3.16. The summed E-state index contributed by atoms with van der Waals surface area (Å²) in [6.45, 7) is 6.50. The number of hydrogen-bond donors (Lipinski definition) is 0. The van der Waals surface area contributed by atoms with E-state index in [2.05, 4.69) is 31.8 Å². The van der Waals surface area contributed by atoms with E-state index in [9.17, 15) is 4.39 Å². The Bertz CT molecular complexity index is 512. The third kappa shape index (κ3) is 2.64. The Hall–Kier alpha value is -1.41. The Balaban J connectivity index is 2.53. The molecule has 17 heavy (non-hydrogen) atoms. The average molecular weight is 244 g/mol. The lowest BCUT2D eigenvalue weighted by molar-refractivity contribution is 0.635. The maximum atomic E-state index is 13.8. The van der Waals surface area contributed by atoms with Gasteiger partial charge in [0.25, 0.3) is 0 Å². The van der Waals surface area contributed by atoms with Crippen molar-refractivity contribution in [3.8, 4) is 11.1 Å². The fraction of sp³-hybridized carbons (Fsp3) is 0.200. The summed E-state index contributed by atoms with van der Waals surface area (Å²) in [6, 6.07) is 15.6. The van der Waals surface area contributed by atoms with Gasteiger partial charge in [0.15, 0.2) is 0 Å². The molecule has 0 aliphatic heterocycles. The number of halogens is 1. The van der Waals surface area contributed by atoms with Crippen molar-refractivity contribution in [3.05, 3.63) is 54.3 Å². The normalized spacial score (nSPS) is 11.5. The molecular formula is C15H17FSi. The average Bonchev–Trinajstić information content (AvgIpc) is 2.29. The molecule has 2 rings (SSSR count). The van der Waals surface area contributed by atoms with Crippen LogP contribution < -0.4 is 5.19 Å². The molecule has 2 aromatic carbocycles. The second-order valence-corrected chi connectivity index (χ2v) is 10.3. The zero-order valence-corrected chi connectivity index (χ0v) is 11.5. The van der Waals surface area contributed by atoms with E-state index in [4.69, 9.17) is 0 Å². The van der Waals surface area contributed by atoms with Gasteiger partial charge in [0, 0.05) is 0 Å². The van der Waals surface area contributed by atoms with Crippen LogP contribution in [0.25, 0.3) is 11.1 Å². The zero-order chi connectivity index (χ0) is 12.5. The molecule has 0 aliphatic carbocycles. The van der Waals surface area contributed by atoms with Gasteiger partial charge < -0.3 is 0 Å². The highest BCUT2D eigenvalue weighted by atomic mass is 28.3. The standard InChI is InChI=1S/C15H17FSi/c1-17(2,3)15-11-13(9-10-14(15)16)12-7-5-4-6-8-12/h4-11H,1-3H3. The van der Waals surface area contributed by atoms with Crippen LogP contribution >= 0.6 is 0 Å². The molecule has 88 valence electrons. The largest absolute Gasteiger partial charge is 0.207 e. The summed E-state index contributed by atoms with van der Waals surface area (Å²) in [7, 11) is -1.62. The Labute approximate surface area is 103 Å². The Morgan fingerprint density at radius 1 is 0.824 bits per heavy atom. The molecular weight excluding hydrogens is 227 g/mol.